The summed E-state index contributed by atoms with van der Waals surface area (Å²) < 4.78 is 30.2. The monoisotopic (exact) mass is 568 g/mol. The minimum absolute atomic E-state index is 0.0527. The summed E-state index contributed by atoms with van der Waals surface area (Å²) in [5, 5.41) is 0.116. The summed E-state index contributed by atoms with van der Waals surface area (Å²) in [5.74, 6) is -0.0943. The van der Waals surface area contributed by atoms with Crippen molar-refractivity contribution in [2.75, 3.05) is 13.2 Å². The lowest BCUT2D eigenvalue weighted by Crippen LogP contribution is -2.44. The van der Waals surface area contributed by atoms with Crippen molar-refractivity contribution in [1.82, 2.24) is 0 Å². The third kappa shape index (κ3) is 12.0. The van der Waals surface area contributed by atoms with E-state index < -0.39 is 8.32 Å². The summed E-state index contributed by atoms with van der Waals surface area (Å²) in [7, 11) is -1.96. The topological polar surface area (TPSA) is 80.3 Å². The number of rotatable bonds is 15. The molecule has 1 saturated carbocycles. The van der Waals surface area contributed by atoms with Gasteiger partial charge in [-0.25, -0.2) is 0 Å². The molecule has 0 radical (unpaired) electrons. The van der Waals surface area contributed by atoms with E-state index in [9.17, 15) is 9.59 Å². The molecule has 2 fully saturated rings. The van der Waals surface area contributed by atoms with E-state index in [2.05, 4.69) is 46.0 Å². The van der Waals surface area contributed by atoms with Crippen molar-refractivity contribution in [3.63, 3.8) is 0 Å². The molecule has 8 heteroatoms. The highest BCUT2D eigenvalue weighted by Crippen LogP contribution is 2.43. The Labute approximate surface area is 238 Å². The van der Waals surface area contributed by atoms with Gasteiger partial charge in [0.15, 0.2) is 14.6 Å². The second-order valence-corrected chi connectivity index (χ2v) is 17.9. The molecule has 0 amide bonds. The Morgan fingerprint density at radius 2 is 1.77 bits per heavy atom. The molecule has 1 aliphatic heterocycles. The van der Waals surface area contributed by atoms with Crippen LogP contribution >= 0.6 is 0 Å². The van der Waals surface area contributed by atoms with E-state index in [-0.39, 0.29) is 53.4 Å². The molecule has 0 N–H and O–H groups in total. The van der Waals surface area contributed by atoms with E-state index in [4.69, 9.17) is 23.4 Å². The van der Waals surface area contributed by atoms with E-state index in [0.717, 1.165) is 58.0 Å². The summed E-state index contributed by atoms with van der Waals surface area (Å²) in [4.78, 5) is 23.7. The van der Waals surface area contributed by atoms with E-state index in [1.54, 1.807) is 0 Å². The van der Waals surface area contributed by atoms with Crippen LogP contribution in [0.1, 0.15) is 106 Å². The van der Waals surface area contributed by atoms with E-state index in [0.29, 0.717) is 19.4 Å². The number of carbonyl (C=O) groups excluding carboxylic acids is 2. The lowest BCUT2D eigenvalue weighted by atomic mass is 9.91. The van der Waals surface area contributed by atoms with Gasteiger partial charge in [-0.3, -0.25) is 9.59 Å². The van der Waals surface area contributed by atoms with Gasteiger partial charge >= 0.3 is 11.9 Å². The van der Waals surface area contributed by atoms with Crippen LogP contribution in [-0.4, -0.2) is 58.1 Å². The number of ether oxygens (including phenoxy) is 4. The first-order valence-electron chi connectivity index (χ1n) is 15.2. The Balaban J connectivity index is 2.01. The second-order valence-electron chi connectivity index (χ2n) is 13.1. The van der Waals surface area contributed by atoms with Gasteiger partial charge in [0.1, 0.15) is 6.10 Å². The standard InChI is InChI=1S/C31H56O7Si/c1-23(2)36-29(33)18-14-12-10-9-11-13-17-25-26(22-35-39(7,8)31(4,5)6)28(21-27(25)37-24(3)32)38-30-19-15-16-20-34-30/h11,13,23,25-28,30H,9-10,12,14-22H2,1-8H3/t25-,26-,27+,28-,30?/m1/s1. The quantitative estimate of drug-likeness (QED) is 0.0885. The van der Waals surface area contributed by atoms with Crippen LogP contribution in [0.4, 0.5) is 0 Å². The Morgan fingerprint density at radius 1 is 1.03 bits per heavy atom. The molecule has 1 heterocycles. The van der Waals surface area contributed by atoms with Crippen LogP contribution in [0.5, 0.6) is 0 Å². The van der Waals surface area contributed by atoms with Gasteiger partial charge in [-0.05, 0) is 76.9 Å². The molecule has 0 bridgehead atoms. The van der Waals surface area contributed by atoms with Crippen LogP contribution in [0.25, 0.3) is 0 Å². The van der Waals surface area contributed by atoms with Crippen molar-refractivity contribution in [3.05, 3.63) is 12.2 Å². The molecule has 7 nitrogen and oxygen atoms in total. The van der Waals surface area contributed by atoms with Crippen LogP contribution in [-0.2, 0) is 33.0 Å². The third-order valence-electron chi connectivity index (χ3n) is 8.39. The van der Waals surface area contributed by atoms with Crippen LogP contribution < -0.4 is 0 Å². The van der Waals surface area contributed by atoms with Crippen molar-refractivity contribution in [3.8, 4) is 0 Å². The predicted octanol–water partition coefficient (Wildman–Crippen LogP) is 7.34. The first-order chi connectivity index (χ1) is 18.3. The van der Waals surface area contributed by atoms with Gasteiger partial charge in [0, 0.05) is 44.8 Å². The largest absolute Gasteiger partial charge is 0.463 e. The van der Waals surface area contributed by atoms with E-state index in [1.165, 1.54) is 6.92 Å². The summed E-state index contributed by atoms with van der Waals surface area (Å²) in [6.07, 6.45) is 12.9. The maximum Gasteiger partial charge on any atom is 0.306 e. The Hall–Kier alpha value is -1.22. The highest BCUT2D eigenvalue weighted by Gasteiger charge is 2.48. The van der Waals surface area contributed by atoms with Gasteiger partial charge in [-0.15, -0.1) is 0 Å². The van der Waals surface area contributed by atoms with Crippen molar-refractivity contribution in [2.45, 2.75) is 148 Å². The predicted molar refractivity (Wildman–Crippen MR) is 157 cm³/mol. The molecule has 0 aromatic heterocycles. The van der Waals surface area contributed by atoms with E-state index in [1.807, 2.05) is 13.8 Å². The van der Waals surface area contributed by atoms with E-state index >= 15 is 0 Å². The summed E-state index contributed by atoms with van der Waals surface area (Å²) in [5.41, 5.74) is 0. The lowest BCUT2D eigenvalue weighted by Gasteiger charge is -2.38. The highest BCUT2D eigenvalue weighted by atomic mass is 28.4. The van der Waals surface area contributed by atoms with Gasteiger partial charge in [-0.1, -0.05) is 39.3 Å². The Bertz CT molecular complexity index is 767. The molecule has 0 aromatic carbocycles. The fourth-order valence-corrected chi connectivity index (χ4v) is 6.17. The number of hydrogen-bond acceptors (Lipinski definition) is 7. The zero-order valence-electron chi connectivity index (χ0n) is 26.0. The fourth-order valence-electron chi connectivity index (χ4n) is 5.13. The molecule has 0 spiro atoms. The van der Waals surface area contributed by atoms with Crippen molar-refractivity contribution < 1.29 is 33.0 Å². The maximum atomic E-state index is 12.0. The smallest absolute Gasteiger partial charge is 0.306 e. The summed E-state index contributed by atoms with van der Waals surface area (Å²) in [6.45, 7) is 17.9. The van der Waals surface area contributed by atoms with Crippen molar-refractivity contribution >= 4 is 20.3 Å². The highest BCUT2D eigenvalue weighted by molar-refractivity contribution is 6.74. The number of hydrogen-bond donors (Lipinski definition) is 0. The molecule has 2 rings (SSSR count). The molecule has 1 aliphatic carbocycles. The van der Waals surface area contributed by atoms with Gasteiger partial charge in [0.2, 0.25) is 0 Å². The van der Waals surface area contributed by atoms with Gasteiger partial charge < -0.3 is 23.4 Å². The zero-order chi connectivity index (χ0) is 29.1. The molecule has 2 aliphatic rings. The average molecular weight is 569 g/mol. The minimum atomic E-state index is -1.96. The number of carbonyl (C=O) groups is 2. The van der Waals surface area contributed by atoms with Crippen molar-refractivity contribution in [1.29, 1.82) is 0 Å². The molecular weight excluding hydrogens is 512 g/mol. The zero-order valence-corrected chi connectivity index (χ0v) is 27.0. The van der Waals surface area contributed by atoms with Gasteiger partial charge in [-0.2, -0.15) is 0 Å². The average Bonchev–Trinajstić information content (AvgIpc) is 3.13. The summed E-state index contributed by atoms with van der Waals surface area (Å²) in [6, 6.07) is 0. The normalized spacial score (nSPS) is 26.3. The maximum absolute atomic E-state index is 12.0. The molecule has 1 saturated heterocycles. The fraction of sp³-hybridized carbons (Fsp3) is 0.871. The molecule has 5 atom stereocenters. The molecule has 0 aromatic rings. The summed E-state index contributed by atoms with van der Waals surface area (Å²) >= 11 is 0. The SMILES string of the molecule is CC(=O)O[C@H]1C[C@@H](OC2CCCCO2)[C@H](CO[Si](C)(C)C(C)(C)C)[C@H]1CC=CCCCCCC(=O)OC(C)C. The first kappa shape index (κ1) is 34.0. The minimum Gasteiger partial charge on any atom is -0.463 e. The first-order valence-corrected chi connectivity index (χ1v) is 18.1. The van der Waals surface area contributed by atoms with Gasteiger partial charge in [0.25, 0.3) is 0 Å². The van der Waals surface area contributed by atoms with Crippen LogP contribution in [0.15, 0.2) is 12.2 Å². The number of allylic oxidation sites excluding steroid dienone is 2. The third-order valence-corrected chi connectivity index (χ3v) is 12.9. The molecule has 226 valence electrons. The Kier molecular flexibility index (Phi) is 14.2. The lowest BCUT2D eigenvalue weighted by molar-refractivity contribution is -0.198. The number of esters is 2. The number of unbranched alkanes of at least 4 members (excludes halogenated alkanes) is 3. The van der Waals surface area contributed by atoms with Crippen LogP contribution in [0, 0.1) is 11.8 Å². The van der Waals surface area contributed by atoms with Crippen LogP contribution in [0.3, 0.4) is 0 Å². The molecular formula is C31H56O7Si. The Morgan fingerprint density at radius 3 is 2.38 bits per heavy atom. The molecule has 1 unspecified atom stereocenters. The van der Waals surface area contributed by atoms with Crippen molar-refractivity contribution in [2.24, 2.45) is 11.8 Å². The second kappa shape index (κ2) is 16.3. The van der Waals surface area contributed by atoms with Gasteiger partial charge in [0.05, 0.1) is 12.2 Å². The van der Waals surface area contributed by atoms with Crippen LogP contribution in [0.2, 0.25) is 18.1 Å². The molecule has 39 heavy (non-hydrogen) atoms.